The largest absolute Gasteiger partial charge is 0.375 e. The van der Waals surface area contributed by atoms with E-state index in [2.05, 4.69) is 17.2 Å². The number of nitrogens with one attached hydrogen (secondary N) is 1. The molecular formula is C14H26N2OS. The highest BCUT2D eigenvalue weighted by molar-refractivity contribution is 7.99. The van der Waals surface area contributed by atoms with Crippen LogP contribution in [0.3, 0.4) is 0 Å². The van der Waals surface area contributed by atoms with Crippen LogP contribution < -0.4 is 11.3 Å². The minimum atomic E-state index is 0.201. The fourth-order valence-electron chi connectivity index (χ4n) is 3.92. The lowest BCUT2D eigenvalue weighted by Crippen LogP contribution is -2.53. The van der Waals surface area contributed by atoms with E-state index in [0.29, 0.717) is 6.04 Å². The summed E-state index contributed by atoms with van der Waals surface area (Å²) in [7, 11) is 0. The average molecular weight is 270 g/mol. The third-order valence-corrected chi connectivity index (χ3v) is 6.28. The minimum Gasteiger partial charge on any atom is -0.375 e. The van der Waals surface area contributed by atoms with E-state index >= 15 is 0 Å². The van der Waals surface area contributed by atoms with Crippen LogP contribution in [0.1, 0.15) is 44.9 Å². The smallest absolute Gasteiger partial charge is 0.0701 e. The number of hydrogen-bond acceptors (Lipinski definition) is 4. The zero-order valence-corrected chi connectivity index (χ0v) is 12.0. The van der Waals surface area contributed by atoms with Crippen molar-refractivity contribution in [1.29, 1.82) is 0 Å². The van der Waals surface area contributed by atoms with Gasteiger partial charge in [0.15, 0.2) is 0 Å². The maximum Gasteiger partial charge on any atom is 0.0701 e. The van der Waals surface area contributed by atoms with Crippen molar-refractivity contribution in [3.63, 3.8) is 0 Å². The van der Waals surface area contributed by atoms with Crippen LogP contribution in [0, 0.1) is 11.8 Å². The zero-order chi connectivity index (χ0) is 12.4. The van der Waals surface area contributed by atoms with Crippen molar-refractivity contribution < 1.29 is 4.74 Å². The van der Waals surface area contributed by atoms with Crippen LogP contribution in [0.2, 0.25) is 0 Å². The van der Waals surface area contributed by atoms with Crippen LogP contribution in [0.4, 0.5) is 0 Å². The number of nitrogens with two attached hydrogens (primary N) is 1. The molecular weight excluding hydrogens is 244 g/mol. The maximum absolute atomic E-state index is 6.18. The normalized spacial score (nSPS) is 34.2. The van der Waals surface area contributed by atoms with E-state index in [1.807, 2.05) is 0 Å². The van der Waals surface area contributed by atoms with Gasteiger partial charge in [-0.1, -0.05) is 6.42 Å². The van der Waals surface area contributed by atoms with Crippen molar-refractivity contribution in [2.75, 3.05) is 18.1 Å². The van der Waals surface area contributed by atoms with Gasteiger partial charge >= 0.3 is 0 Å². The Morgan fingerprint density at radius 1 is 1.17 bits per heavy atom. The SMILES string of the molecule is NNC(C1CCC1)C1CCOC2(CCSCC2)C1. The molecule has 0 aromatic heterocycles. The molecule has 0 amide bonds. The molecule has 0 radical (unpaired) electrons. The highest BCUT2D eigenvalue weighted by Gasteiger charge is 2.43. The van der Waals surface area contributed by atoms with Crippen molar-refractivity contribution in [3.05, 3.63) is 0 Å². The van der Waals surface area contributed by atoms with Gasteiger partial charge in [-0.15, -0.1) is 0 Å². The quantitative estimate of drug-likeness (QED) is 0.610. The molecule has 2 aliphatic heterocycles. The van der Waals surface area contributed by atoms with E-state index in [4.69, 9.17) is 10.6 Å². The van der Waals surface area contributed by atoms with Gasteiger partial charge in [0.05, 0.1) is 5.60 Å². The highest BCUT2D eigenvalue weighted by Crippen LogP contribution is 2.43. The summed E-state index contributed by atoms with van der Waals surface area (Å²) < 4.78 is 6.18. The first-order valence-corrected chi connectivity index (χ1v) is 8.66. The van der Waals surface area contributed by atoms with E-state index in [0.717, 1.165) is 18.4 Å². The zero-order valence-electron chi connectivity index (χ0n) is 11.2. The summed E-state index contributed by atoms with van der Waals surface area (Å²) >= 11 is 2.08. The Balaban J connectivity index is 1.64. The Morgan fingerprint density at radius 2 is 1.94 bits per heavy atom. The van der Waals surface area contributed by atoms with Gasteiger partial charge in [-0.05, 0) is 61.9 Å². The van der Waals surface area contributed by atoms with Crippen molar-refractivity contribution in [1.82, 2.24) is 5.43 Å². The molecule has 1 spiro atoms. The van der Waals surface area contributed by atoms with Crippen LogP contribution in [0.15, 0.2) is 0 Å². The van der Waals surface area contributed by atoms with Crippen LogP contribution in [0.25, 0.3) is 0 Å². The summed E-state index contributed by atoms with van der Waals surface area (Å²) in [5.41, 5.74) is 3.34. The van der Waals surface area contributed by atoms with Gasteiger partial charge in [-0.2, -0.15) is 11.8 Å². The van der Waals surface area contributed by atoms with E-state index in [9.17, 15) is 0 Å². The van der Waals surface area contributed by atoms with Crippen molar-refractivity contribution in [3.8, 4) is 0 Å². The molecule has 3 nitrogen and oxygen atoms in total. The minimum absolute atomic E-state index is 0.201. The fourth-order valence-corrected chi connectivity index (χ4v) is 5.16. The average Bonchev–Trinajstić information content (AvgIpc) is 2.34. The summed E-state index contributed by atoms with van der Waals surface area (Å²) in [4.78, 5) is 0. The van der Waals surface area contributed by atoms with Gasteiger partial charge < -0.3 is 4.74 Å². The van der Waals surface area contributed by atoms with Crippen LogP contribution >= 0.6 is 11.8 Å². The lowest BCUT2D eigenvalue weighted by Gasteiger charge is -2.47. The molecule has 2 heterocycles. The van der Waals surface area contributed by atoms with E-state index in [1.165, 1.54) is 56.5 Å². The van der Waals surface area contributed by atoms with Gasteiger partial charge in [0.1, 0.15) is 0 Å². The molecule has 2 saturated heterocycles. The summed E-state index contributed by atoms with van der Waals surface area (Å²) in [5.74, 6) is 9.95. The van der Waals surface area contributed by atoms with Gasteiger partial charge in [0.25, 0.3) is 0 Å². The second-order valence-corrected chi connectivity index (χ2v) is 7.50. The van der Waals surface area contributed by atoms with Crippen LogP contribution in [-0.2, 0) is 4.74 Å². The molecule has 1 aliphatic carbocycles. The lowest BCUT2D eigenvalue weighted by molar-refractivity contribution is -0.111. The molecule has 18 heavy (non-hydrogen) atoms. The number of hydrazine groups is 1. The number of ether oxygens (including phenoxy) is 1. The third-order valence-electron chi connectivity index (χ3n) is 5.29. The Bertz CT molecular complexity index is 271. The predicted octanol–water partition coefficient (Wildman–Crippen LogP) is 2.31. The Labute approximate surface area is 115 Å². The standard InChI is InChI=1S/C14H26N2OS/c15-16-13(11-2-1-3-11)12-4-7-17-14(10-12)5-8-18-9-6-14/h11-13,16H,1-10,15H2. The van der Waals surface area contributed by atoms with E-state index in [1.54, 1.807) is 0 Å². The molecule has 0 aromatic carbocycles. The number of hydrogen-bond donors (Lipinski definition) is 2. The van der Waals surface area contributed by atoms with Gasteiger partial charge in [0, 0.05) is 12.6 Å². The first-order valence-electron chi connectivity index (χ1n) is 7.51. The molecule has 1 saturated carbocycles. The van der Waals surface area contributed by atoms with Gasteiger partial charge in [-0.3, -0.25) is 11.3 Å². The molecule has 2 unspecified atom stereocenters. The molecule has 3 rings (SSSR count). The number of thioether (sulfide) groups is 1. The highest BCUT2D eigenvalue weighted by atomic mass is 32.2. The van der Waals surface area contributed by atoms with Gasteiger partial charge in [0.2, 0.25) is 0 Å². The third kappa shape index (κ3) is 2.58. The number of rotatable bonds is 3. The summed E-state index contributed by atoms with van der Waals surface area (Å²) in [6.07, 6.45) is 9.06. The van der Waals surface area contributed by atoms with Crippen molar-refractivity contribution >= 4 is 11.8 Å². The molecule has 3 N–H and O–H groups in total. The topological polar surface area (TPSA) is 47.3 Å². The molecule has 3 fully saturated rings. The maximum atomic E-state index is 6.18. The fraction of sp³-hybridized carbons (Fsp3) is 1.00. The molecule has 0 aromatic rings. The van der Waals surface area contributed by atoms with E-state index < -0.39 is 0 Å². The molecule has 4 heteroatoms. The second kappa shape index (κ2) is 5.70. The second-order valence-electron chi connectivity index (χ2n) is 6.28. The Morgan fingerprint density at radius 3 is 2.56 bits per heavy atom. The van der Waals surface area contributed by atoms with Gasteiger partial charge in [-0.25, -0.2) is 0 Å². The van der Waals surface area contributed by atoms with Crippen molar-refractivity contribution in [2.24, 2.45) is 17.7 Å². The summed E-state index contributed by atoms with van der Waals surface area (Å²) in [6.45, 7) is 0.945. The first-order chi connectivity index (χ1) is 8.83. The van der Waals surface area contributed by atoms with Crippen molar-refractivity contribution in [2.45, 2.75) is 56.6 Å². The molecule has 104 valence electrons. The van der Waals surface area contributed by atoms with Crippen LogP contribution in [0.5, 0.6) is 0 Å². The summed E-state index contributed by atoms with van der Waals surface area (Å²) in [5, 5.41) is 0. The first kappa shape index (κ1) is 13.2. The molecule has 2 atom stereocenters. The Hall–Kier alpha value is 0.230. The predicted molar refractivity (Wildman–Crippen MR) is 76.4 cm³/mol. The monoisotopic (exact) mass is 270 g/mol. The lowest BCUT2D eigenvalue weighted by atomic mass is 9.70. The molecule has 3 aliphatic rings. The van der Waals surface area contributed by atoms with E-state index in [-0.39, 0.29) is 5.60 Å². The Kier molecular flexibility index (Phi) is 4.18. The molecule has 0 bridgehead atoms. The van der Waals surface area contributed by atoms with Crippen LogP contribution in [-0.4, -0.2) is 29.8 Å². The summed E-state index contributed by atoms with van der Waals surface area (Å²) in [6, 6.07) is 0.536.